The van der Waals surface area contributed by atoms with Crippen LogP contribution >= 0.6 is 0 Å². The van der Waals surface area contributed by atoms with Crippen LogP contribution in [0.2, 0.25) is 0 Å². The van der Waals surface area contributed by atoms with Gasteiger partial charge in [0.05, 0.1) is 5.52 Å². The number of nitrogens with zero attached hydrogens (tertiary/aromatic N) is 2. The smallest absolute Gasteiger partial charge is 0.178 e. The predicted molar refractivity (Wildman–Crippen MR) is 69.4 cm³/mol. The topological polar surface area (TPSA) is 50.8 Å². The van der Waals surface area contributed by atoms with Crippen LogP contribution in [0.5, 0.6) is 5.75 Å². The fraction of sp³-hybridized carbons (Fsp3) is 0.143. The summed E-state index contributed by atoms with van der Waals surface area (Å²) in [6.45, 7) is 2.37. The van der Waals surface area contributed by atoms with Crippen LogP contribution in [-0.2, 0) is 6.61 Å². The highest BCUT2D eigenvalue weighted by Crippen LogP contribution is 2.13. The van der Waals surface area contributed by atoms with Gasteiger partial charge in [-0.05, 0) is 31.2 Å². The SMILES string of the molecule is Cc1ccc2[nH]c(COc3ccccc3)nc2n1. The summed E-state index contributed by atoms with van der Waals surface area (Å²) in [6.07, 6.45) is 0. The third kappa shape index (κ3) is 2.18. The number of H-pyrrole nitrogens is 1. The molecule has 0 aliphatic heterocycles. The number of rotatable bonds is 3. The molecule has 4 heteroatoms. The van der Waals surface area contributed by atoms with Gasteiger partial charge in [-0.3, -0.25) is 0 Å². The highest BCUT2D eigenvalue weighted by Gasteiger charge is 2.04. The van der Waals surface area contributed by atoms with Gasteiger partial charge in [-0.15, -0.1) is 0 Å². The zero-order valence-electron chi connectivity index (χ0n) is 10.1. The molecular formula is C14H13N3O. The first-order valence-electron chi connectivity index (χ1n) is 5.81. The van der Waals surface area contributed by atoms with Gasteiger partial charge in [-0.25, -0.2) is 9.97 Å². The first-order valence-corrected chi connectivity index (χ1v) is 5.81. The molecule has 2 heterocycles. The molecule has 4 nitrogen and oxygen atoms in total. The summed E-state index contributed by atoms with van der Waals surface area (Å²) in [4.78, 5) is 11.9. The van der Waals surface area contributed by atoms with E-state index in [0.29, 0.717) is 6.61 Å². The molecular weight excluding hydrogens is 226 g/mol. The summed E-state index contributed by atoms with van der Waals surface area (Å²) in [5.41, 5.74) is 2.64. The van der Waals surface area contributed by atoms with Gasteiger partial charge in [-0.2, -0.15) is 0 Å². The minimum absolute atomic E-state index is 0.416. The summed E-state index contributed by atoms with van der Waals surface area (Å²) >= 11 is 0. The van der Waals surface area contributed by atoms with E-state index in [1.165, 1.54) is 0 Å². The molecule has 0 aliphatic carbocycles. The lowest BCUT2D eigenvalue weighted by Gasteiger charge is -2.02. The first-order chi connectivity index (χ1) is 8.81. The van der Waals surface area contributed by atoms with Crippen LogP contribution < -0.4 is 4.74 Å². The van der Waals surface area contributed by atoms with Crippen molar-refractivity contribution in [2.45, 2.75) is 13.5 Å². The number of ether oxygens (including phenoxy) is 1. The lowest BCUT2D eigenvalue weighted by molar-refractivity contribution is 0.297. The average molecular weight is 239 g/mol. The van der Waals surface area contributed by atoms with E-state index >= 15 is 0 Å². The second-order valence-corrected chi connectivity index (χ2v) is 4.11. The third-order valence-electron chi connectivity index (χ3n) is 2.65. The minimum atomic E-state index is 0.416. The van der Waals surface area contributed by atoms with Crippen molar-refractivity contribution in [3.8, 4) is 5.75 Å². The summed E-state index contributed by atoms with van der Waals surface area (Å²) in [6, 6.07) is 13.6. The Kier molecular flexibility index (Phi) is 2.68. The quantitative estimate of drug-likeness (QED) is 0.764. The van der Waals surface area contributed by atoms with Gasteiger partial charge in [0.2, 0.25) is 0 Å². The normalized spacial score (nSPS) is 10.7. The maximum atomic E-state index is 5.63. The fourth-order valence-corrected chi connectivity index (χ4v) is 1.77. The second-order valence-electron chi connectivity index (χ2n) is 4.11. The van der Waals surface area contributed by atoms with E-state index in [4.69, 9.17) is 4.74 Å². The Hall–Kier alpha value is -2.36. The van der Waals surface area contributed by atoms with Crippen LogP contribution in [0.4, 0.5) is 0 Å². The molecule has 1 aromatic carbocycles. The van der Waals surface area contributed by atoms with Crippen molar-refractivity contribution in [2.24, 2.45) is 0 Å². The van der Waals surface area contributed by atoms with Crippen molar-refractivity contribution >= 4 is 11.2 Å². The standard InChI is InChI=1S/C14H13N3O/c1-10-7-8-12-14(15-10)17-13(16-12)9-18-11-5-3-2-4-6-11/h2-8H,9H2,1H3,(H,15,16,17). The van der Waals surface area contributed by atoms with Crippen LogP contribution in [0.15, 0.2) is 42.5 Å². The van der Waals surface area contributed by atoms with Crippen LogP contribution in [0.25, 0.3) is 11.2 Å². The molecule has 0 bridgehead atoms. The van der Waals surface area contributed by atoms with Crippen molar-refractivity contribution in [3.63, 3.8) is 0 Å². The molecule has 0 radical (unpaired) electrons. The number of aromatic nitrogens is 3. The third-order valence-corrected chi connectivity index (χ3v) is 2.65. The zero-order valence-corrected chi connectivity index (χ0v) is 10.1. The molecule has 0 saturated carbocycles. The van der Waals surface area contributed by atoms with Crippen molar-refractivity contribution < 1.29 is 4.74 Å². The summed E-state index contributed by atoms with van der Waals surface area (Å²) < 4.78 is 5.63. The van der Waals surface area contributed by atoms with Gasteiger partial charge in [0, 0.05) is 5.69 Å². The number of benzene rings is 1. The number of nitrogens with one attached hydrogen (secondary N) is 1. The molecule has 3 rings (SSSR count). The molecule has 0 aliphatic rings. The van der Waals surface area contributed by atoms with Crippen molar-refractivity contribution in [3.05, 3.63) is 54.0 Å². The number of hydrogen-bond donors (Lipinski definition) is 1. The maximum Gasteiger partial charge on any atom is 0.178 e. The number of aryl methyl sites for hydroxylation is 1. The molecule has 3 aromatic rings. The Morgan fingerprint density at radius 1 is 1.06 bits per heavy atom. The lowest BCUT2D eigenvalue weighted by atomic mass is 10.3. The van der Waals surface area contributed by atoms with Gasteiger partial charge >= 0.3 is 0 Å². The van der Waals surface area contributed by atoms with E-state index < -0.39 is 0 Å². The zero-order chi connectivity index (χ0) is 12.4. The Morgan fingerprint density at radius 2 is 1.89 bits per heavy atom. The van der Waals surface area contributed by atoms with Crippen LogP contribution in [0.3, 0.4) is 0 Å². The van der Waals surface area contributed by atoms with Gasteiger partial charge in [0.1, 0.15) is 18.2 Å². The molecule has 0 amide bonds. The van der Waals surface area contributed by atoms with Gasteiger partial charge in [-0.1, -0.05) is 18.2 Å². The minimum Gasteiger partial charge on any atom is -0.486 e. The second kappa shape index (κ2) is 4.49. The van der Waals surface area contributed by atoms with Crippen LogP contribution in [-0.4, -0.2) is 15.0 Å². The molecule has 0 spiro atoms. The van der Waals surface area contributed by atoms with Crippen molar-refractivity contribution in [1.29, 1.82) is 0 Å². The van der Waals surface area contributed by atoms with E-state index in [-0.39, 0.29) is 0 Å². The van der Waals surface area contributed by atoms with Crippen LogP contribution in [0.1, 0.15) is 11.5 Å². The number of pyridine rings is 1. The summed E-state index contributed by atoms with van der Waals surface area (Å²) in [5.74, 6) is 1.62. The molecule has 1 N–H and O–H groups in total. The fourth-order valence-electron chi connectivity index (χ4n) is 1.77. The maximum absolute atomic E-state index is 5.63. The molecule has 2 aromatic heterocycles. The monoisotopic (exact) mass is 239 g/mol. The molecule has 0 saturated heterocycles. The highest BCUT2D eigenvalue weighted by molar-refractivity contribution is 5.70. The number of fused-ring (bicyclic) bond motifs is 1. The molecule has 0 unspecified atom stereocenters. The molecule has 18 heavy (non-hydrogen) atoms. The van der Waals surface area contributed by atoms with E-state index in [9.17, 15) is 0 Å². The Morgan fingerprint density at radius 3 is 2.72 bits per heavy atom. The first kappa shape index (κ1) is 10.8. The Bertz CT molecular complexity index is 661. The van der Waals surface area contributed by atoms with Gasteiger partial charge in [0.15, 0.2) is 5.65 Å². The lowest BCUT2D eigenvalue weighted by Crippen LogP contribution is -1.96. The summed E-state index contributed by atoms with van der Waals surface area (Å²) in [5, 5.41) is 0. The van der Waals surface area contributed by atoms with E-state index in [0.717, 1.165) is 28.4 Å². The Balaban J connectivity index is 1.79. The molecule has 90 valence electrons. The van der Waals surface area contributed by atoms with E-state index in [1.807, 2.05) is 49.4 Å². The van der Waals surface area contributed by atoms with Crippen LogP contribution in [0, 0.1) is 6.92 Å². The van der Waals surface area contributed by atoms with Gasteiger partial charge < -0.3 is 9.72 Å². The van der Waals surface area contributed by atoms with Gasteiger partial charge in [0.25, 0.3) is 0 Å². The largest absolute Gasteiger partial charge is 0.486 e. The molecule has 0 fully saturated rings. The number of hydrogen-bond acceptors (Lipinski definition) is 3. The number of para-hydroxylation sites is 1. The summed E-state index contributed by atoms with van der Waals surface area (Å²) in [7, 11) is 0. The van der Waals surface area contributed by atoms with Crippen molar-refractivity contribution in [1.82, 2.24) is 15.0 Å². The molecule has 0 atom stereocenters. The highest BCUT2D eigenvalue weighted by atomic mass is 16.5. The van der Waals surface area contributed by atoms with E-state index in [1.54, 1.807) is 0 Å². The Labute approximate surface area is 105 Å². The number of imidazole rings is 1. The van der Waals surface area contributed by atoms with Crippen molar-refractivity contribution in [2.75, 3.05) is 0 Å². The number of aromatic amines is 1. The van der Waals surface area contributed by atoms with E-state index in [2.05, 4.69) is 15.0 Å². The average Bonchev–Trinajstić information content (AvgIpc) is 2.79. The predicted octanol–water partition coefficient (Wildman–Crippen LogP) is 2.85.